The summed E-state index contributed by atoms with van der Waals surface area (Å²) >= 11 is 0. The van der Waals surface area contributed by atoms with E-state index in [9.17, 15) is 13.8 Å². The first-order valence-electron chi connectivity index (χ1n) is 12.8. The molecule has 3 aromatic rings. The van der Waals surface area contributed by atoms with Crippen molar-refractivity contribution in [1.29, 1.82) is 0 Å². The second-order valence-electron chi connectivity index (χ2n) is 9.71. The normalized spacial score (nSPS) is 21.6. The van der Waals surface area contributed by atoms with E-state index in [1.807, 2.05) is 12.1 Å². The molecule has 0 aliphatic carbocycles. The van der Waals surface area contributed by atoms with E-state index in [4.69, 9.17) is 13.6 Å². The molecule has 0 bridgehead atoms. The summed E-state index contributed by atoms with van der Waals surface area (Å²) in [6.45, 7) is 5.21. The Morgan fingerprint density at radius 2 is 1.78 bits per heavy atom. The maximum absolute atomic E-state index is 13.2. The Labute approximate surface area is 217 Å². The lowest BCUT2D eigenvalue weighted by atomic mass is 9.82. The second kappa shape index (κ2) is 12.2. The zero-order chi connectivity index (χ0) is 26.3. The number of amides is 1. The number of nitrogens with one attached hydrogen (secondary N) is 1. The van der Waals surface area contributed by atoms with Gasteiger partial charge in [-0.1, -0.05) is 44.0 Å². The Morgan fingerprint density at radius 1 is 1.08 bits per heavy atom. The number of aromatic nitrogens is 1. The molecule has 1 aromatic heterocycles. The largest absolute Gasteiger partial charge is 0.356 e. The molecular weight excluding hydrogens is 494 g/mol. The summed E-state index contributed by atoms with van der Waals surface area (Å²) in [6, 6.07) is 13.2. The van der Waals surface area contributed by atoms with Gasteiger partial charge in [0.25, 0.3) is 0 Å². The van der Waals surface area contributed by atoms with E-state index in [0.717, 1.165) is 36.8 Å². The Balaban J connectivity index is 1.27. The summed E-state index contributed by atoms with van der Waals surface area (Å²) < 4.78 is 43.3. The fraction of sp³-hybridized carbons (Fsp3) is 0.429. The number of unbranched alkanes of at least 4 members (excludes halogenated alkanes) is 1. The highest BCUT2D eigenvalue weighted by Crippen LogP contribution is 2.57. The first-order valence-corrected chi connectivity index (χ1v) is 14.5. The van der Waals surface area contributed by atoms with E-state index in [1.165, 1.54) is 12.1 Å². The summed E-state index contributed by atoms with van der Waals surface area (Å²) in [6.07, 6.45) is 6.60. The molecule has 7 nitrogen and oxygen atoms in total. The Bertz CT molecular complexity index is 1210. The van der Waals surface area contributed by atoms with Gasteiger partial charge in [-0.15, -0.1) is 0 Å². The molecule has 0 radical (unpaired) electrons. The van der Waals surface area contributed by atoms with Crippen molar-refractivity contribution < 1.29 is 27.3 Å². The van der Waals surface area contributed by atoms with E-state index in [0.29, 0.717) is 36.6 Å². The monoisotopic (exact) mass is 528 g/mol. The van der Waals surface area contributed by atoms with Crippen LogP contribution in [0.5, 0.6) is 0 Å². The van der Waals surface area contributed by atoms with Gasteiger partial charge in [0.1, 0.15) is 5.82 Å². The zero-order valence-electron chi connectivity index (χ0n) is 21.4. The molecular formula is C28H34FN2O5P. The van der Waals surface area contributed by atoms with Gasteiger partial charge in [-0.3, -0.25) is 9.36 Å². The summed E-state index contributed by atoms with van der Waals surface area (Å²) in [5.74, 6) is 0.0386. The number of nitrogens with zero attached hydrogens (tertiary/aromatic N) is 1. The van der Waals surface area contributed by atoms with Crippen LogP contribution < -0.4 is 5.32 Å². The van der Waals surface area contributed by atoms with Crippen molar-refractivity contribution in [3.8, 4) is 11.3 Å². The molecule has 0 spiro atoms. The first kappa shape index (κ1) is 27.2. The number of aryl methyl sites for hydroxylation is 1. The van der Waals surface area contributed by atoms with Gasteiger partial charge < -0.3 is 18.9 Å². The molecule has 0 unspecified atom stereocenters. The lowest BCUT2D eigenvalue weighted by molar-refractivity contribution is -0.116. The fourth-order valence-corrected chi connectivity index (χ4v) is 6.24. The highest BCUT2D eigenvalue weighted by molar-refractivity contribution is 7.53. The molecule has 198 valence electrons. The van der Waals surface area contributed by atoms with Gasteiger partial charge in [0, 0.05) is 28.7 Å². The molecule has 1 N–H and O–H groups in total. The standard InChI is InChI=1S/C28H34FN2O5P/c1-3-5-16-28(4-2)19-34-37(33,35-20-28)18-21-6-13-25(14-7-21)31-26(32)15-10-23-17-30-36-27(23)22-8-11-24(29)12-9-22/h6-9,11-14,17H,3-5,10,15-16,18-20H2,1-2H3,(H,31,32). The van der Waals surface area contributed by atoms with E-state index < -0.39 is 7.60 Å². The van der Waals surface area contributed by atoms with E-state index in [2.05, 4.69) is 24.3 Å². The fourth-order valence-electron chi connectivity index (χ4n) is 4.38. The number of rotatable bonds is 11. The predicted molar refractivity (Wildman–Crippen MR) is 141 cm³/mol. The summed E-state index contributed by atoms with van der Waals surface area (Å²) in [7, 11) is -3.20. The average molecular weight is 529 g/mol. The van der Waals surface area contributed by atoms with Crippen molar-refractivity contribution in [1.82, 2.24) is 5.16 Å². The molecule has 2 heterocycles. The molecule has 1 fully saturated rings. The third-order valence-corrected chi connectivity index (χ3v) is 8.73. The van der Waals surface area contributed by atoms with Crippen LogP contribution in [-0.4, -0.2) is 24.3 Å². The van der Waals surface area contributed by atoms with Gasteiger partial charge in [-0.25, -0.2) is 4.39 Å². The van der Waals surface area contributed by atoms with Gasteiger partial charge in [0.05, 0.1) is 25.6 Å². The Morgan fingerprint density at radius 3 is 2.43 bits per heavy atom. The van der Waals surface area contributed by atoms with Crippen molar-refractivity contribution in [2.75, 3.05) is 18.5 Å². The highest BCUT2D eigenvalue weighted by atomic mass is 31.2. The topological polar surface area (TPSA) is 90.7 Å². The molecule has 1 saturated heterocycles. The summed E-state index contributed by atoms with van der Waals surface area (Å²) in [5.41, 5.74) is 2.90. The number of hydrogen-bond acceptors (Lipinski definition) is 6. The van der Waals surface area contributed by atoms with Crippen molar-refractivity contribution in [2.45, 2.75) is 58.5 Å². The van der Waals surface area contributed by atoms with Crippen LogP contribution in [0.4, 0.5) is 10.1 Å². The average Bonchev–Trinajstić information content (AvgIpc) is 3.38. The van der Waals surface area contributed by atoms with Gasteiger partial charge >= 0.3 is 7.60 Å². The van der Waals surface area contributed by atoms with Crippen molar-refractivity contribution in [3.05, 3.63) is 71.7 Å². The van der Waals surface area contributed by atoms with Crippen molar-refractivity contribution >= 4 is 19.2 Å². The molecule has 1 aliphatic rings. The van der Waals surface area contributed by atoms with Crippen LogP contribution >= 0.6 is 7.60 Å². The van der Waals surface area contributed by atoms with Gasteiger partial charge in [-0.2, -0.15) is 0 Å². The number of carbonyl (C=O) groups excluding carboxylic acids is 1. The molecule has 0 atom stereocenters. The lowest BCUT2D eigenvalue weighted by Gasteiger charge is -2.39. The SMILES string of the molecule is CCCCC1(CC)COP(=O)(Cc2ccc(NC(=O)CCc3cnoc3-c3ccc(F)cc3)cc2)OC1. The van der Waals surface area contributed by atoms with Gasteiger partial charge in [0.2, 0.25) is 5.91 Å². The predicted octanol–water partition coefficient (Wildman–Crippen LogP) is 7.38. The molecule has 0 saturated carbocycles. The Hall–Kier alpha value is -2.80. The minimum Gasteiger partial charge on any atom is -0.356 e. The minimum atomic E-state index is -3.20. The first-order chi connectivity index (χ1) is 17.8. The van der Waals surface area contributed by atoms with Crippen LogP contribution in [0.3, 0.4) is 0 Å². The number of benzene rings is 2. The van der Waals surface area contributed by atoms with Crippen LogP contribution in [0.25, 0.3) is 11.3 Å². The maximum Gasteiger partial charge on any atom is 0.335 e. The second-order valence-corrected chi connectivity index (χ2v) is 11.8. The number of halogens is 1. The number of hydrogen-bond donors (Lipinski definition) is 1. The molecule has 37 heavy (non-hydrogen) atoms. The molecule has 1 amide bonds. The van der Waals surface area contributed by atoms with Crippen LogP contribution in [0, 0.1) is 11.2 Å². The van der Waals surface area contributed by atoms with Crippen LogP contribution in [0.2, 0.25) is 0 Å². The number of anilines is 1. The number of carbonyl (C=O) groups is 1. The van der Waals surface area contributed by atoms with Gasteiger partial charge in [0.15, 0.2) is 5.76 Å². The van der Waals surface area contributed by atoms with E-state index in [-0.39, 0.29) is 29.7 Å². The van der Waals surface area contributed by atoms with Crippen molar-refractivity contribution in [2.24, 2.45) is 5.41 Å². The van der Waals surface area contributed by atoms with Crippen molar-refractivity contribution in [3.63, 3.8) is 0 Å². The minimum absolute atomic E-state index is 0.0512. The third-order valence-electron chi connectivity index (χ3n) is 6.93. The molecule has 4 rings (SSSR count). The van der Waals surface area contributed by atoms with Crippen LogP contribution in [0.15, 0.2) is 59.3 Å². The smallest absolute Gasteiger partial charge is 0.335 e. The quantitative estimate of drug-likeness (QED) is 0.261. The summed E-state index contributed by atoms with van der Waals surface area (Å²) in [4.78, 5) is 12.5. The summed E-state index contributed by atoms with van der Waals surface area (Å²) in [5, 5.41) is 6.71. The van der Waals surface area contributed by atoms with Crippen LogP contribution in [0.1, 0.15) is 57.1 Å². The highest BCUT2D eigenvalue weighted by Gasteiger charge is 2.40. The van der Waals surface area contributed by atoms with E-state index >= 15 is 0 Å². The van der Waals surface area contributed by atoms with Gasteiger partial charge in [-0.05, 0) is 61.2 Å². The van der Waals surface area contributed by atoms with E-state index in [1.54, 1.807) is 30.5 Å². The van der Waals surface area contributed by atoms with Crippen LogP contribution in [-0.2, 0) is 31.0 Å². The Kier molecular flexibility index (Phi) is 8.95. The molecule has 2 aromatic carbocycles. The maximum atomic E-state index is 13.2. The third kappa shape index (κ3) is 7.16. The zero-order valence-corrected chi connectivity index (χ0v) is 22.3. The molecule has 1 aliphatic heterocycles. The molecule has 9 heteroatoms. The lowest BCUT2D eigenvalue weighted by Crippen LogP contribution is -2.35.